The van der Waals surface area contributed by atoms with Crippen LogP contribution in [0.25, 0.3) is 0 Å². The fourth-order valence-electron chi connectivity index (χ4n) is 3.93. The van der Waals surface area contributed by atoms with Gasteiger partial charge in [-0.05, 0) is 82.0 Å². The maximum absolute atomic E-state index is 13.7. The van der Waals surface area contributed by atoms with Gasteiger partial charge in [-0.3, -0.25) is 14.4 Å². The van der Waals surface area contributed by atoms with Crippen LogP contribution in [-0.4, -0.2) is 55.2 Å². The second-order valence-corrected chi connectivity index (χ2v) is 12.1. The molecule has 2 aromatic rings. The fourth-order valence-corrected chi connectivity index (χ4v) is 5.66. The Labute approximate surface area is 222 Å². The molecule has 0 bridgehead atoms. The third-order valence-corrected chi connectivity index (χ3v) is 7.74. The Hall–Kier alpha value is -2.95. The van der Waals surface area contributed by atoms with Gasteiger partial charge >= 0.3 is 5.97 Å². The van der Waals surface area contributed by atoms with Gasteiger partial charge in [-0.2, -0.15) is 4.31 Å². The highest BCUT2D eigenvalue weighted by molar-refractivity contribution is 7.89. The molecule has 0 radical (unpaired) electrons. The van der Waals surface area contributed by atoms with Gasteiger partial charge in [-0.15, -0.1) is 0 Å². The average molecular weight is 550 g/mol. The van der Waals surface area contributed by atoms with Gasteiger partial charge in [0, 0.05) is 23.7 Å². The van der Waals surface area contributed by atoms with Gasteiger partial charge in [0.2, 0.25) is 15.9 Å². The van der Waals surface area contributed by atoms with E-state index in [4.69, 9.17) is 16.3 Å². The summed E-state index contributed by atoms with van der Waals surface area (Å²) >= 11 is 5.95. The third kappa shape index (κ3) is 8.02. The van der Waals surface area contributed by atoms with Crippen molar-refractivity contribution in [3.8, 4) is 0 Å². The number of hydrogen-bond acceptors (Lipinski definition) is 6. The van der Waals surface area contributed by atoms with Gasteiger partial charge in [0.15, 0.2) is 0 Å². The van der Waals surface area contributed by atoms with Gasteiger partial charge in [0.1, 0.15) is 18.2 Å². The van der Waals surface area contributed by atoms with Gasteiger partial charge in [0.05, 0.1) is 4.90 Å². The molecule has 1 aliphatic heterocycles. The van der Waals surface area contributed by atoms with Crippen molar-refractivity contribution in [3.05, 3.63) is 64.7 Å². The summed E-state index contributed by atoms with van der Waals surface area (Å²) in [5.74, 6) is -1.44. The lowest BCUT2D eigenvalue weighted by molar-refractivity contribution is -0.153. The second-order valence-electron chi connectivity index (χ2n) is 9.78. The van der Waals surface area contributed by atoms with E-state index in [1.165, 1.54) is 28.6 Å². The first-order valence-corrected chi connectivity index (χ1v) is 13.8. The lowest BCUT2D eigenvalue weighted by atomic mass is 10.1. The zero-order chi connectivity index (χ0) is 27.2. The van der Waals surface area contributed by atoms with Gasteiger partial charge in [0.25, 0.3) is 5.91 Å². The molecule has 11 heteroatoms. The number of nitrogens with one attached hydrogen (secondary N) is 2. The van der Waals surface area contributed by atoms with Crippen LogP contribution in [0.15, 0.2) is 53.4 Å². The van der Waals surface area contributed by atoms with Crippen LogP contribution in [0.1, 0.15) is 56.0 Å². The van der Waals surface area contributed by atoms with Gasteiger partial charge in [-0.25, -0.2) is 8.42 Å². The second kappa shape index (κ2) is 12.1. The molecular weight excluding hydrogens is 518 g/mol. The molecule has 1 fully saturated rings. The molecule has 200 valence electrons. The van der Waals surface area contributed by atoms with Gasteiger partial charge in [-0.1, -0.05) is 23.7 Å². The van der Waals surface area contributed by atoms with Crippen molar-refractivity contribution in [2.45, 2.75) is 63.1 Å². The number of esters is 1. The zero-order valence-electron chi connectivity index (χ0n) is 21.1. The number of amides is 2. The molecule has 1 atom stereocenters. The normalized spacial score (nSPS) is 16.6. The Morgan fingerprint density at radius 1 is 1.14 bits per heavy atom. The van der Waals surface area contributed by atoms with Gasteiger partial charge < -0.3 is 15.4 Å². The summed E-state index contributed by atoms with van der Waals surface area (Å²) in [7, 11) is -4.08. The standard InChI is InChI=1S/C26H32ClN3O6S/c1-26(2,3)36-23(31)16-29-24(32)19-8-6-7-18(15-19)17-30(22-9-4-5-14-28-25(22)33)37(34,35)21-12-10-20(27)11-13-21/h6-8,10-13,15,22H,4-5,9,14,16-17H2,1-3H3,(H,28,33)(H,29,32). The van der Waals surface area contributed by atoms with Crippen LogP contribution >= 0.6 is 11.6 Å². The Bertz CT molecular complexity index is 1240. The topological polar surface area (TPSA) is 122 Å². The first-order valence-electron chi connectivity index (χ1n) is 12.0. The highest BCUT2D eigenvalue weighted by Crippen LogP contribution is 2.26. The molecule has 0 aromatic heterocycles. The number of rotatable bonds is 8. The predicted molar refractivity (Wildman–Crippen MR) is 139 cm³/mol. The summed E-state index contributed by atoms with van der Waals surface area (Å²) in [6.07, 6.45) is 1.81. The molecule has 2 aromatic carbocycles. The monoisotopic (exact) mass is 549 g/mol. The molecule has 2 amide bonds. The third-order valence-electron chi connectivity index (χ3n) is 5.61. The molecule has 1 aliphatic rings. The maximum Gasteiger partial charge on any atom is 0.325 e. The van der Waals surface area contributed by atoms with Crippen LogP contribution in [0.4, 0.5) is 0 Å². The van der Waals surface area contributed by atoms with Crippen LogP contribution in [0, 0.1) is 0 Å². The van der Waals surface area contributed by atoms with E-state index in [9.17, 15) is 22.8 Å². The van der Waals surface area contributed by atoms with E-state index < -0.39 is 33.5 Å². The Kier molecular flexibility index (Phi) is 9.33. The number of carbonyl (C=O) groups excluding carboxylic acids is 3. The first-order chi connectivity index (χ1) is 17.4. The van der Waals surface area contributed by atoms with E-state index in [2.05, 4.69) is 10.6 Å². The van der Waals surface area contributed by atoms with Crippen molar-refractivity contribution in [2.24, 2.45) is 0 Å². The van der Waals surface area contributed by atoms with Crippen LogP contribution in [0.3, 0.4) is 0 Å². The smallest absolute Gasteiger partial charge is 0.325 e. The van der Waals surface area contributed by atoms with E-state index in [-0.39, 0.29) is 29.5 Å². The molecule has 0 spiro atoms. The molecule has 0 saturated carbocycles. The molecule has 1 heterocycles. The Morgan fingerprint density at radius 3 is 2.51 bits per heavy atom. The van der Waals surface area contributed by atoms with Crippen molar-refractivity contribution in [1.29, 1.82) is 0 Å². The average Bonchev–Trinajstić information content (AvgIpc) is 3.04. The molecule has 9 nitrogen and oxygen atoms in total. The summed E-state index contributed by atoms with van der Waals surface area (Å²) in [4.78, 5) is 37.5. The minimum absolute atomic E-state index is 0.0141. The van der Waals surface area contributed by atoms with Crippen molar-refractivity contribution >= 4 is 39.4 Å². The number of nitrogens with zero attached hydrogens (tertiary/aromatic N) is 1. The Morgan fingerprint density at radius 2 is 1.84 bits per heavy atom. The van der Waals surface area contributed by atoms with Crippen molar-refractivity contribution in [3.63, 3.8) is 0 Å². The van der Waals surface area contributed by atoms with Crippen molar-refractivity contribution in [1.82, 2.24) is 14.9 Å². The lowest BCUT2D eigenvalue weighted by Gasteiger charge is -2.29. The van der Waals surface area contributed by atoms with E-state index in [0.29, 0.717) is 30.0 Å². The largest absolute Gasteiger partial charge is 0.459 e. The number of benzene rings is 2. The minimum atomic E-state index is -4.08. The lowest BCUT2D eigenvalue weighted by Crippen LogP contribution is -2.48. The Balaban J connectivity index is 1.86. The molecule has 1 saturated heterocycles. The highest BCUT2D eigenvalue weighted by atomic mass is 35.5. The highest BCUT2D eigenvalue weighted by Gasteiger charge is 2.36. The number of ether oxygens (including phenoxy) is 1. The summed E-state index contributed by atoms with van der Waals surface area (Å²) in [6, 6.07) is 11.3. The molecule has 0 aliphatic carbocycles. The van der Waals surface area contributed by atoms with Crippen LogP contribution in [0.5, 0.6) is 0 Å². The molecule has 3 rings (SSSR count). The van der Waals surface area contributed by atoms with Crippen molar-refractivity contribution in [2.75, 3.05) is 13.1 Å². The summed E-state index contributed by atoms with van der Waals surface area (Å²) < 4.78 is 33.8. The predicted octanol–water partition coefficient (Wildman–Crippen LogP) is 3.27. The molecule has 37 heavy (non-hydrogen) atoms. The number of halogens is 1. The molecule has 1 unspecified atom stereocenters. The number of hydrogen-bond donors (Lipinski definition) is 2. The van der Waals surface area contributed by atoms with E-state index >= 15 is 0 Å². The summed E-state index contributed by atoms with van der Waals surface area (Å²) in [6.45, 7) is 5.24. The van der Waals surface area contributed by atoms with E-state index in [1.807, 2.05) is 0 Å². The number of sulfonamides is 1. The quantitative estimate of drug-likeness (QED) is 0.487. The van der Waals surface area contributed by atoms with E-state index in [1.54, 1.807) is 45.0 Å². The van der Waals surface area contributed by atoms with E-state index in [0.717, 1.165) is 6.42 Å². The minimum Gasteiger partial charge on any atom is -0.459 e. The zero-order valence-corrected chi connectivity index (χ0v) is 22.7. The summed E-state index contributed by atoms with van der Waals surface area (Å²) in [5, 5.41) is 5.70. The molecular formula is C26H32ClN3O6S. The maximum atomic E-state index is 13.7. The fraction of sp³-hybridized carbons (Fsp3) is 0.423. The van der Waals surface area contributed by atoms with Crippen molar-refractivity contribution < 1.29 is 27.5 Å². The molecule has 2 N–H and O–H groups in total. The van der Waals surface area contributed by atoms with Crippen LogP contribution in [0.2, 0.25) is 5.02 Å². The van der Waals surface area contributed by atoms with Crippen LogP contribution in [-0.2, 0) is 30.9 Å². The number of carbonyl (C=O) groups is 3. The van der Waals surface area contributed by atoms with Crippen LogP contribution < -0.4 is 10.6 Å². The summed E-state index contributed by atoms with van der Waals surface area (Å²) in [5.41, 5.74) is 0.0835. The SMILES string of the molecule is CC(C)(C)OC(=O)CNC(=O)c1cccc(CN(C2CCCCNC2=O)S(=O)(=O)c2ccc(Cl)cc2)c1. The first kappa shape index (κ1) is 28.6.